The van der Waals surface area contributed by atoms with E-state index in [1.807, 2.05) is 10.7 Å². The second-order valence-corrected chi connectivity index (χ2v) is 5.80. The molecule has 0 saturated heterocycles. The Morgan fingerprint density at radius 3 is 2.72 bits per heavy atom. The number of rotatable bonds is 3. The SMILES string of the molecule is CC(Br)C(=O)Nc1cnc2c(cnn2C(C)C)c1. The van der Waals surface area contributed by atoms with E-state index < -0.39 is 0 Å². The van der Waals surface area contributed by atoms with Gasteiger partial charge in [0.1, 0.15) is 0 Å². The minimum Gasteiger partial charge on any atom is -0.324 e. The van der Waals surface area contributed by atoms with E-state index in [-0.39, 0.29) is 16.8 Å². The molecule has 0 saturated carbocycles. The van der Waals surface area contributed by atoms with Gasteiger partial charge < -0.3 is 5.32 Å². The Morgan fingerprint density at radius 1 is 1.39 bits per heavy atom. The fraction of sp³-hybridized carbons (Fsp3) is 0.417. The number of nitrogens with one attached hydrogen (secondary N) is 1. The molecule has 2 aromatic heterocycles. The maximum atomic E-state index is 11.6. The second kappa shape index (κ2) is 5.06. The second-order valence-electron chi connectivity index (χ2n) is 4.42. The summed E-state index contributed by atoms with van der Waals surface area (Å²) in [5, 5.41) is 7.99. The molecule has 1 atom stereocenters. The Kier molecular flexibility index (Phi) is 3.65. The molecule has 2 heterocycles. The Balaban J connectivity index is 2.32. The van der Waals surface area contributed by atoms with Crippen LogP contribution in [0.25, 0.3) is 11.0 Å². The van der Waals surface area contributed by atoms with Gasteiger partial charge in [-0.25, -0.2) is 9.67 Å². The van der Waals surface area contributed by atoms with Crippen LogP contribution in [-0.4, -0.2) is 25.5 Å². The highest BCUT2D eigenvalue weighted by atomic mass is 79.9. The fourth-order valence-electron chi connectivity index (χ4n) is 1.63. The third-order valence-corrected chi connectivity index (χ3v) is 2.97. The Morgan fingerprint density at radius 2 is 2.11 bits per heavy atom. The van der Waals surface area contributed by atoms with Gasteiger partial charge in [-0.1, -0.05) is 15.9 Å². The van der Waals surface area contributed by atoms with Gasteiger partial charge >= 0.3 is 0 Å². The molecule has 1 unspecified atom stereocenters. The Hall–Kier alpha value is -1.43. The molecule has 1 N–H and O–H groups in total. The van der Waals surface area contributed by atoms with Gasteiger partial charge in [0.15, 0.2) is 5.65 Å². The van der Waals surface area contributed by atoms with Crippen LogP contribution < -0.4 is 5.32 Å². The number of fused-ring (bicyclic) bond motifs is 1. The molecule has 0 radical (unpaired) electrons. The molecule has 0 fully saturated rings. The molecule has 2 aromatic rings. The van der Waals surface area contributed by atoms with E-state index in [1.54, 1.807) is 19.3 Å². The van der Waals surface area contributed by atoms with E-state index in [9.17, 15) is 4.79 Å². The van der Waals surface area contributed by atoms with Crippen molar-refractivity contribution in [2.45, 2.75) is 31.6 Å². The summed E-state index contributed by atoms with van der Waals surface area (Å²) < 4.78 is 1.86. The number of pyridine rings is 1. The van der Waals surface area contributed by atoms with Gasteiger partial charge in [-0.15, -0.1) is 0 Å². The summed E-state index contributed by atoms with van der Waals surface area (Å²) in [4.78, 5) is 15.7. The van der Waals surface area contributed by atoms with Crippen molar-refractivity contribution in [1.82, 2.24) is 14.8 Å². The number of alkyl halides is 1. The number of hydrogen-bond donors (Lipinski definition) is 1. The first-order valence-electron chi connectivity index (χ1n) is 5.77. The van der Waals surface area contributed by atoms with Crippen molar-refractivity contribution in [3.8, 4) is 0 Å². The number of nitrogens with zero attached hydrogens (tertiary/aromatic N) is 3. The summed E-state index contributed by atoms with van der Waals surface area (Å²) >= 11 is 3.22. The predicted molar refractivity (Wildman–Crippen MR) is 74.9 cm³/mol. The van der Waals surface area contributed by atoms with Crippen molar-refractivity contribution in [3.05, 3.63) is 18.5 Å². The molecular formula is C12H15BrN4O. The van der Waals surface area contributed by atoms with E-state index in [4.69, 9.17) is 0 Å². The van der Waals surface area contributed by atoms with Crippen LogP contribution in [0.5, 0.6) is 0 Å². The summed E-state index contributed by atoms with van der Waals surface area (Å²) in [7, 11) is 0. The van der Waals surface area contributed by atoms with Crippen molar-refractivity contribution in [3.63, 3.8) is 0 Å². The maximum absolute atomic E-state index is 11.6. The molecule has 0 aliphatic carbocycles. The summed E-state index contributed by atoms with van der Waals surface area (Å²) in [6, 6.07) is 2.14. The molecule has 96 valence electrons. The largest absolute Gasteiger partial charge is 0.324 e. The lowest BCUT2D eigenvalue weighted by atomic mass is 10.3. The molecule has 0 aliphatic rings. The number of aromatic nitrogens is 3. The lowest BCUT2D eigenvalue weighted by Gasteiger charge is -2.08. The van der Waals surface area contributed by atoms with Gasteiger partial charge in [-0.3, -0.25) is 4.79 Å². The van der Waals surface area contributed by atoms with Crippen LogP contribution >= 0.6 is 15.9 Å². The van der Waals surface area contributed by atoms with Crippen LogP contribution in [0.15, 0.2) is 18.5 Å². The van der Waals surface area contributed by atoms with Crippen LogP contribution in [0, 0.1) is 0 Å². The van der Waals surface area contributed by atoms with Gasteiger partial charge in [-0.2, -0.15) is 5.10 Å². The van der Waals surface area contributed by atoms with Crippen LogP contribution in [0.4, 0.5) is 5.69 Å². The number of hydrogen-bond acceptors (Lipinski definition) is 3. The number of amides is 1. The molecule has 18 heavy (non-hydrogen) atoms. The van der Waals surface area contributed by atoms with Crippen LogP contribution in [-0.2, 0) is 4.79 Å². The summed E-state index contributed by atoms with van der Waals surface area (Å²) in [6.07, 6.45) is 3.41. The highest BCUT2D eigenvalue weighted by Gasteiger charge is 2.11. The van der Waals surface area contributed by atoms with Crippen LogP contribution in [0.3, 0.4) is 0 Å². The standard InChI is InChI=1S/C12H15BrN4O/c1-7(2)17-11-9(5-15-17)4-10(6-14-11)16-12(18)8(3)13/h4-8H,1-3H3,(H,16,18). The van der Waals surface area contributed by atoms with Crippen LogP contribution in [0.2, 0.25) is 0 Å². The summed E-state index contributed by atoms with van der Waals surface area (Å²) in [6.45, 7) is 5.88. The lowest BCUT2D eigenvalue weighted by molar-refractivity contribution is -0.115. The zero-order valence-electron chi connectivity index (χ0n) is 10.5. The molecule has 1 amide bonds. The first kappa shape index (κ1) is 13.0. The van der Waals surface area contributed by atoms with E-state index in [1.165, 1.54) is 0 Å². The monoisotopic (exact) mass is 310 g/mol. The number of halogens is 1. The van der Waals surface area contributed by atoms with Gasteiger partial charge in [0.2, 0.25) is 5.91 Å². The zero-order chi connectivity index (χ0) is 13.3. The minimum absolute atomic E-state index is 0.0904. The summed E-state index contributed by atoms with van der Waals surface area (Å²) in [5.41, 5.74) is 1.51. The number of anilines is 1. The first-order valence-corrected chi connectivity index (χ1v) is 6.69. The Labute approximate surface area is 114 Å². The van der Waals surface area contributed by atoms with Crippen molar-refractivity contribution >= 4 is 38.6 Å². The smallest absolute Gasteiger partial charge is 0.237 e. The van der Waals surface area contributed by atoms with Crippen molar-refractivity contribution < 1.29 is 4.79 Å². The molecular weight excluding hydrogens is 296 g/mol. The third-order valence-electron chi connectivity index (χ3n) is 2.55. The molecule has 2 rings (SSSR count). The van der Waals surface area contributed by atoms with E-state index in [2.05, 4.69) is 45.2 Å². The highest BCUT2D eigenvalue weighted by Crippen LogP contribution is 2.19. The lowest BCUT2D eigenvalue weighted by Crippen LogP contribution is -2.19. The molecule has 0 aliphatic heterocycles. The predicted octanol–water partition coefficient (Wildman–Crippen LogP) is 2.73. The van der Waals surface area contributed by atoms with Crippen LogP contribution in [0.1, 0.15) is 26.8 Å². The number of carbonyl (C=O) groups is 1. The normalized spacial score (nSPS) is 12.9. The minimum atomic E-state index is -0.230. The van der Waals surface area contributed by atoms with Gasteiger partial charge in [0, 0.05) is 11.4 Å². The molecule has 0 spiro atoms. The average Bonchev–Trinajstić information content (AvgIpc) is 2.71. The van der Waals surface area contributed by atoms with Crippen molar-refractivity contribution in [2.75, 3.05) is 5.32 Å². The van der Waals surface area contributed by atoms with Gasteiger partial charge in [0.25, 0.3) is 0 Å². The van der Waals surface area contributed by atoms with E-state index in [0.717, 1.165) is 11.0 Å². The Bertz CT molecular complexity index is 576. The fourth-order valence-corrected chi connectivity index (χ4v) is 1.74. The molecule has 6 heteroatoms. The quantitative estimate of drug-likeness (QED) is 0.887. The highest BCUT2D eigenvalue weighted by molar-refractivity contribution is 9.10. The number of carbonyl (C=O) groups excluding carboxylic acids is 1. The topological polar surface area (TPSA) is 59.8 Å². The van der Waals surface area contributed by atoms with E-state index in [0.29, 0.717) is 5.69 Å². The van der Waals surface area contributed by atoms with E-state index >= 15 is 0 Å². The summed E-state index contributed by atoms with van der Waals surface area (Å²) in [5.74, 6) is -0.0904. The van der Waals surface area contributed by atoms with Crippen molar-refractivity contribution in [1.29, 1.82) is 0 Å². The first-order chi connectivity index (χ1) is 8.49. The molecule has 5 nitrogen and oxygen atoms in total. The van der Waals surface area contributed by atoms with Gasteiger partial charge in [0.05, 0.1) is 22.9 Å². The van der Waals surface area contributed by atoms with Gasteiger partial charge in [-0.05, 0) is 26.8 Å². The molecule has 0 aromatic carbocycles. The zero-order valence-corrected chi connectivity index (χ0v) is 12.1. The third kappa shape index (κ3) is 2.53. The van der Waals surface area contributed by atoms with Crippen molar-refractivity contribution in [2.24, 2.45) is 0 Å². The molecule has 0 bridgehead atoms. The average molecular weight is 311 g/mol. The maximum Gasteiger partial charge on any atom is 0.237 e.